The van der Waals surface area contributed by atoms with Crippen molar-refractivity contribution in [1.82, 2.24) is 4.90 Å². The van der Waals surface area contributed by atoms with E-state index in [1.54, 1.807) is 45.0 Å². The van der Waals surface area contributed by atoms with E-state index in [-0.39, 0.29) is 4.91 Å². The van der Waals surface area contributed by atoms with Crippen molar-refractivity contribution >= 4 is 35.0 Å². The molecule has 1 aliphatic heterocycles. The molecule has 24 heavy (non-hydrogen) atoms. The molecule has 2 amide bonds. The number of benzene rings is 1. The topological polar surface area (TPSA) is 72.9 Å². The molecule has 1 heterocycles. The Morgan fingerprint density at radius 2 is 1.92 bits per heavy atom. The van der Waals surface area contributed by atoms with E-state index >= 15 is 0 Å². The standard InChI is InChI=1S/C17H19NO5S/c1-17(2,3)23-14(19)10-18-15(20)13(24-16(18)21)9-11-7-5-6-8-12(11)22-4/h5-9H,10H2,1-4H3/b13-9-. The Morgan fingerprint density at radius 3 is 2.54 bits per heavy atom. The summed E-state index contributed by atoms with van der Waals surface area (Å²) in [5.74, 6) is -0.540. The third-order valence-electron chi connectivity index (χ3n) is 3.01. The average molecular weight is 349 g/mol. The van der Waals surface area contributed by atoms with Gasteiger partial charge in [-0.05, 0) is 44.7 Å². The summed E-state index contributed by atoms with van der Waals surface area (Å²) in [7, 11) is 1.53. The van der Waals surface area contributed by atoms with Gasteiger partial charge in [-0.2, -0.15) is 0 Å². The molecular weight excluding hydrogens is 330 g/mol. The van der Waals surface area contributed by atoms with E-state index in [9.17, 15) is 14.4 Å². The summed E-state index contributed by atoms with van der Waals surface area (Å²) in [5.41, 5.74) is 0.00863. The van der Waals surface area contributed by atoms with Gasteiger partial charge in [-0.25, -0.2) is 0 Å². The average Bonchev–Trinajstić information content (AvgIpc) is 2.73. The Morgan fingerprint density at radius 1 is 1.25 bits per heavy atom. The van der Waals surface area contributed by atoms with Gasteiger partial charge in [0.25, 0.3) is 11.1 Å². The zero-order chi connectivity index (χ0) is 17.9. The fourth-order valence-electron chi connectivity index (χ4n) is 2.07. The minimum atomic E-state index is -0.674. The second kappa shape index (κ2) is 7.09. The van der Waals surface area contributed by atoms with Crippen LogP contribution in [0.3, 0.4) is 0 Å². The molecule has 0 bridgehead atoms. The van der Waals surface area contributed by atoms with Crippen LogP contribution in [0.2, 0.25) is 0 Å². The highest BCUT2D eigenvalue weighted by molar-refractivity contribution is 8.18. The molecule has 1 saturated heterocycles. The Kier molecular flexibility index (Phi) is 5.33. The zero-order valence-corrected chi connectivity index (χ0v) is 14.8. The molecule has 1 fully saturated rings. The van der Waals surface area contributed by atoms with Crippen LogP contribution >= 0.6 is 11.8 Å². The molecule has 0 saturated carbocycles. The monoisotopic (exact) mass is 349 g/mol. The number of imide groups is 1. The summed E-state index contributed by atoms with van der Waals surface area (Å²) in [6, 6.07) is 7.15. The van der Waals surface area contributed by atoms with Crippen molar-refractivity contribution in [2.45, 2.75) is 26.4 Å². The van der Waals surface area contributed by atoms with E-state index in [1.807, 2.05) is 6.07 Å². The maximum Gasteiger partial charge on any atom is 0.326 e. The zero-order valence-electron chi connectivity index (χ0n) is 14.0. The van der Waals surface area contributed by atoms with Crippen LogP contribution in [0.1, 0.15) is 26.3 Å². The molecule has 0 unspecified atom stereocenters. The number of carbonyl (C=O) groups is 3. The van der Waals surface area contributed by atoms with Crippen LogP contribution in [-0.2, 0) is 14.3 Å². The second-order valence-corrected chi connectivity index (χ2v) is 7.09. The van der Waals surface area contributed by atoms with Crippen LogP contribution in [-0.4, -0.2) is 41.3 Å². The smallest absolute Gasteiger partial charge is 0.326 e. The molecule has 1 aromatic rings. The SMILES string of the molecule is COc1ccccc1/C=C1\SC(=O)N(CC(=O)OC(C)(C)C)C1=O. The van der Waals surface area contributed by atoms with Crippen LogP contribution < -0.4 is 4.74 Å². The lowest BCUT2D eigenvalue weighted by Gasteiger charge is -2.21. The van der Waals surface area contributed by atoms with E-state index in [2.05, 4.69) is 0 Å². The predicted molar refractivity (Wildman–Crippen MR) is 91.5 cm³/mol. The Balaban J connectivity index is 2.17. The molecule has 0 N–H and O–H groups in total. The van der Waals surface area contributed by atoms with E-state index in [4.69, 9.17) is 9.47 Å². The first-order valence-electron chi connectivity index (χ1n) is 7.31. The van der Waals surface area contributed by atoms with Crippen LogP contribution in [0.5, 0.6) is 5.75 Å². The molecule has 0 aromatic heterocycles. The van der Waals surface area contributed by atoms with Gasteiger partial charge >= 0.3 is 5.97 Å². The molecule has 0 spiro atoms. The van der Waals surface area contributed by atoms with Gasteiger partial charge in [-0.1, -0.05) is 18.2 Å². The second-order valence-electron chi connectivity index (χ2n) is 6.10. The van der Waals surface area contributed by atoms with Crippen molar-refractivity contribution < 1.29 is 23.9 Å². The normalized spacial score (nSPS) is 16.7. The number of hydrogen-bond acceptors (Lipinski definition) is 6. The number of methoxy groups -OCH3 is 1. The number of carbonyl (C=O) groups excluding carboxylic acids is 3. The number of esters is 1. The lowest BCUT2D eigenvalue weighted by Crippen LogP contribution is -2.37. The first kappa shape index (κ1) is 18.1. The van der Waals surface area contributed by atoms with Crippen molar-refractivity contribution in [3.05, 3.63) is 34.7 Å². The number of amides is 2. The molecule has 0 aliphatic carbocycles. The summed E-state index contributed by atoms with van der Waals surface area (Å²) < 4.78 is 10.4. The highest BCUT2D eigenvalue weighted by Crippen LogP contribution is 2.33. The third kappa shape index (κ3) is 4.38. The maximum absolute atomic E-state index is 12.4. The van der Waals surface area contributed by atoms with Gasteiger partial charge < -0.3 is 9.47 Å². The van der Waals surface area contributed by atoms with Crippen molar-refractivity contribution in [2.75, 3.05) is 13.7 Å². The molecule has 0 radical (unpaired) electrons. The van der Waals surface area contributed by atoms with Gasteiger partial charge in [0.1, 0.15) is 17.9 Å². The van der Waals surface area contributed by atoms with E-state index in [0.29, 0.717) is 11.3 Å². The summed E-state index contributed by atoms with van der Waals surface area (Å²) in [4.78, 5) is 37.4. The van der Waals surface area contributed by atoms with Gasteiger partial charge in [0.15, 0.2) is 0 Å². The molecule has 128 valence electrons. The van der Waals surface area contributed by atoms with Gasteiger partial charge in [-0.15, -0.1) is 0 Å². The van der Waals surface area contributed by atoms with Crippen LogP contribution in [0.25, 0.3) is 6.08 Å². The minimum Gasteiger partial charge on any atom is -0.496 e. The van der Waals surface area contributed by atoms with Crippen LogP contribution in [0.4, 0.5) is 4.79 Å². The van der Waals surface area contributed by atoms with Gasteiger partial charge in [-0.3, -0.25) is 19.3 Å². The first-order chi connectivity index (χ1) is 11.2. The quantitative estimate of drug-likeness (QED) is 0.614. The Hall–Kier alpha value is -2.28. The molecular formula is C17H19NO5S. The highest BCUT2D eigenvalue weighted by Gasteiger charge is 2.37. The lowest BCUT2D eigenvalue weighted by atomic mass is 10.2. The van der Waals surface area contributed by atoms with Crippen molar-refractivity contribution in [3.8, 4) is 5.75 Å². The molecule has 2 rings (SSSR count). The number of hydrogen-bond donors (Lipinski definition) is 0. The van der Waals surface area contributed by atoms with Gasteiger partial charge in [0, 0.05) is 5.56 Å². The molecule has 1 aromatic carbocycles. The molecule has 6 nitrogen and oxygen atoms in total. The summed E-state index contributed by atoms with van der Waals surface area (Å²) in [6.45, 7) is 4.77. The van der Waals surface area contributed by atoms with Crippen LogP contribution in [0, 0.1) is 0 Å². The number of para-hydroxylation sites is 1. The molecule has 1 aliphatic rings. The minimum absolute atomic E-state index is 0.244. The van der Waals surface area contributed by atoms with Crippen molar-refractivity contribution in [3.63, 3.8) is 0 Å². The maximum atomic E-state index is 12.4. The van der Waals surface area contributed by atoms with Crippen molar-refractivity contribution in [1.29, 1.82) is 0 Å². The van der Waals surface area contributed by atoms with E-state index in [0.717, 1.165) is 16.7 Å². The number of ether oxygens (including phenoxy) is 2. The third-order valence-corrected chi connectivity index (χ3v) is 3.91. The van der Waals surface area contributed by atoms with E-state index in [1.165, 1.54) is 7.11 Å². The fourth-order valence-corrected chi connectivity index (χ4v) is 2.90. The van der Waals surface area contributed by atoms with E-state index < -0.39 is 29.3 Å². The summed E-state index contributed by atoms with van der Waals surface area (Å²) >= 11 is 0.791. The fraction of sp³-hybridized carbons (Fsp3) is 0.353. The summed E-state index contributed by atoms with van der Waals surface area (Å²) in [6.07, 6.45) is 1.58. The number of nitrogens with zero attached hydrogens (tertiary/aromatic N) is 1. The number of thioether (sulfide) groups is 1. The van der Waals surface area contributed by atoms with Gasteiger partial charge in [0.2, 0.25) is 0 Å². The number of rotatable bonds is 4. The summed E-state index contributed by atoms with van der Waals surface area (Å²) in [5, 5.41) is -0.494. The predicted octanol–water partition coefficient (Wildman–Crippen LogP) is 3.07. The van der Waals surface area contributed by atoms with Gasteiger partial charge in [0.05, 0.1) is 12.0 Å². The largest absolute Gasteiger partial charge is 0.496 e. The molecule has 7 heteroatoms. The Bertz CT molecular complexity index is 705. The van der Waals surface area contributed by atoms with Crippen molar-refractivity contribution in [2.24, 2.45) is 0 Å². The van der Waals surface area contributed by atoms with Crippen LogP contribution in [0.15, 0.2) is 29.2 Å². The Labute approximate surface area is 144 Å². The lowest BCUT2D eigenvalue weighted by molar-refractivity contribution is -0.156. The first-order valence-corrected chi connectivity index (χ1v) is 8.13. The molecule has 0 atom stereocenters. The highest BCUT2D eigenvalue weighted by atomic mass is 32.2.